The van der Waals surface area contributed by atoms with Gasteiger partial charge in [-0.1, -0.05) is 26.7 Å². The van der Waals surface area contributed by atoms with Crippen molar-refractivity contribution in [3.8, 4) is 0 Å². The van der Waals surface area contributed by atoms with Gasteiger partial charge in [-0.05, 0) is 55.2 Å². The Balaban J connectivity index is 1.50. The highest BCUT2D eigenvalue weighted by Gasteiger charge is 2.36. The molecule has 2 heterocycles. The van der Waals surface area contributed by atoms with E-state index in [-0.39, 0.29) is 22.6 Å². The van der Waals surface area contributed by atoms with E-state index >= 15 is 0 Å². The van der Waals surface area contributed by atoms with Gasteiger partial charge >= 0.3 is 6.18 Å². The summed E-state index contributed by atoms with van der Waals surface area (Å²) < 4.78 is 38.3. The number of anilines is 1. The second kappa shape index (κ2) is 9.13. The molecule has 188 valence electrons. The summed E-state index contributed by atoms with van der Waals surface area (Å²) in [6.07, 6.45) is 0.682. The van der Waals surface area contributed by atoms with E-state index < -0.39 is 29.7 Å². The Morgan fingerprint density at radius 2 is 1.94 bits per heavy atom. The second-order valence-electron chi connectivity index (χ2n) is 10.4. The Morgan fingerprint density at radius 1 is 1.23 bits per heavy atom. The number of aromatic nitrogens is 2. The average molecular weight is 491 g/mol. The van der Waals surface area contributed by atoms with E-state index in [2.05, 4.69) is 20.6 Å². The highest BCUT2D eigenvalue weighted by atomic mass is 19.4. The minimum absolute atomic E-state index is 0.0121. The molecule has 1 atom stereocenters. The lowest BCUT2D eigenvalue weighted by Gasteiger charge is -2.28. The number of H-pyrrole nitrogens is 1. The summed E-state index contributed by atoms with van der Waals surface area (Å²) in [7, 11) is 0. The summed E-state index contributed by atoms with van der Waals surface area (Å²) in [5, 5.41) is 5.32. The first-order chi connectivity index (χ1) is 16.3. The fourth-order valence-corrected chi connectivity index (χ4v) is 4.63. The van der Waals surface area contributed by atoms with E-state index in [9.17, 15) is 27.6 Å². The van der Waals surface area contributed by atoms with E-state index in [1.54, 1.807) is 6.92 Å². The van der Waals surface area contributed by atoms with Gasteiger partial charge in [0.2, 0.25) is 5.91 Å². The molecule has 2 aromatic rings. The summed E-state index contributed by atoms with van der Waals surface area (Å²) >= 11 is 0. The number of rotatable bonds is 7. The first kappa shape index (κ1) is 24.9. The number of carbonyl (C=O) groups is 3. The minimum atomic E-state index is -4.58. The van der Waals surface area contributed by atoms with Crippen LogP contribution in [0.3, 0.4) is 0 Å². The maximum Gasteiger partial charge on any atom is 0.433 e. The van der Waals surface area contributed by atoms with Crippen molar-refractivity contribution in [1.29, 1.82) is 0 Å². The zero-order valence-electron chi connectivity index (χ0n) is 19.9. The van der Waals surface area contributed by atoms with Crippen LogP contribution in [0.15, 0.2) is 18.3 Å². The number of fused-ring (bicyclic) bond motifs is 1. The van der Waals surface area contributed by atoms with Gasteiger partial charge in [-0.15, -0.1) is 0 Å². The van der Waals surface area contributed by atoms with Crippen molar-refractivity contribution in [2.75, 3.05) is 5.32 Å². The summed E-state index contributed by atoms with van der Waals surface area (Å²) in [5.41, 5.74) is 0.920. The molecule has 1 unspecified atom stereocenters. The maximum absolute atomic E-state index is 13.2. The van der Waals surface area contributed by atoms with E-state index in [0.717, 1.165) is 43.3 Å². The molecule has 2 aliphatic carbocycles. The predicted octanol–water partition coefficient (Wildman–Crippen LogP) is 4.82. The average Bonchev–Trinajstić information content (AvgIpc) is 3.51. The monoisotopic (exact) mass is 490 g/mol. The molecule has 7 nitrogen and oxygen atoms in total. The standard InChI is InChI=1S/C25H29F3N4O3/c1-13-20-17(10-24(2,3)11-18(20)33)31-21(13)23(35)32-16(8-6-14-4-5-14)22(34)30-15-7-9-19(29-12-15)25(26,27)28/h7,9,12,14,16,31H,4-6,8,10-11H2,1-3H3,(H,30,34)(H,32,35). The van der Waals surface area contributed by atoms with E-state index in [1.807, 2.05) is 13.8 Å². The Hall–Kier alpha value is -3.17. The van der Waals surface area contributed by atoms with Crippen molar-refractivity contribution < 1.29 is 27.6 Å². The van der Waals surface area contributed by atoms with Crippen molar-refractivity contribution in [1.82, 2.24) is 15.3 Å². The summed E-state index contributed by atoms with van der Waals surface area (Å²) in [6, 6.07) is 1.03. The maximum atomic E-state index is 13.2. The lowest BCUT2D eigenvalue weighted by Crippen LogP contribution is -2.44. The molecule has 0 saturated heterocycles. The van der Waals surface area contributed by atoms with Gasteiger partial charge in [0.05, 0.1) is 11.9 Å². The largest absolute Gasteiger partial charge is 0.433 e. The molecule has 0 aliphatic heterocycles. The summed E-state index contributed by atoms with van der Waals surface area (Å²) in [6.45, 7) is 5.71. The van der Waals surface area contributed by atoms with Gasteiger partial charge in [-0.2, -0.15) is 13.2 Å². The van der Waals surface area contributed by atoms with Crippen LogP contribution < -0.4 is 10.6 Å². The van der Waals surface area contributed by atoms with Crippen LogP contribution in [0.25, 0.3) is 0 Å². The van der Waals surface area contributed by atoms with Gasteiger partial charge in [0.25, 0.3) is 5.91 Å². The van der Waals surface area contributed by atoms with Crippen molar-refractivity contribution in [2.45, 2.75) is 71.5 Å². The molecular weight excluding hydrogens is 461 g/mol. The van der Waals surface area contributed by atoms with Gasteiger partial charge in [0, 0.05) is 17.7 Å². The van der Waals surface area contributed by atoms with Crippen molar-refractivity contribution in [2.24, 2.45) is 11.3 Å². The number of nitrogens with one attached hydrogen (secondary N) is 3. The SMILES string of the molecule is Cc1c(C(=O)NC(CCC2CC2)C(=O)Nc2ccc(C(F)(F)F)nc2)[nH]c2c1C(=O)CC(C)(C)C2. The van der Waals surface area contributed by atoms with Crippen LogP contribution in [0, 0.1) is 18.3 Å². The molecule has 3 N–H and O–H groups in total. The smallest absolute Gasteiger partial charge is 0.354 e. The number of ketones is 1. The first-order valence-corrected chi connectivity index (χ1v) is 11.7. The molecule has 4 rings (SSSR count). The van der Waals surface area contributed by atoms with Crippen LogP contribution in [-0.2, 0) is 17.4 Å². The Bertz CT molecular complexity index is 1150. The van der Waals surface area contributed by atoms with E-state index in [1.165, 1.54) is 0 Å². The molecule has 0 radical (unpaired) electrons. The minimum Gasteiger partial charge on any atom is -0.354 e. The van der Waals surface area contributed by atoms with Gasteiger partial charge < -0.3 is 15.6 Å². The molecule has 35 heavy (non-hydrogen) atoms. The lowest BCUT2D eigenvalue weighted by atomic mass is 9.75. The molecule has 1 fully saturated rings. The number of hydrogen-bond donors (Lipinski definition) is 3. The number of amides is 2. The van der Waals surface area contributed by atoms with Crippen molar-refractivity contribution in [3.63, 3.8) is 0 Å². The van der Waals surface area contributed by atoms with Crippen LogP contribution in [-0.4, -0.2) is 33.6 Å². The third-order valence-corrected chi connectivity index (χ3v) is 6.63. The number of carbonyl (C=O) groups excluding carboxylic acids is 3. The number of Topliss-reactive ketones (excluding diaryl/α,β-unsaturated/α-hetero) is 1. The number of alkyl halides is 3. The number of pyridine rings is 1. The molecule has 2 amide bonds. The topological polar surface area (TPSA) is 104 Å². The van der Waals surface area contributed by atoms with E-state index in [0.29, 0.717) is 36.3 Å². The Morgan fingerprint density at radius 3 is 2.54 bits per heavy atom. The van der Waals surface area contributed by atoms with Gasteiger partial charge in [-0.3, -0.25) is 14.4 Å². The lowest BCUT2D eigenvalue weighted by molar-refractivity contribution is -0.141. The van der Waals surface area contributed by atoms with Crippen LogP contribution in [0.2, 0.25) is 0 Å². The Kier molecular flexibility index (Phi) is 6.50. The Labute approximate surface area is 201 Å². The number of nitrogens with zero attached hydrogens (tertiary/aromatic N) is 1. The predicted molar refractivity (Wildman–Crippen MR) is 123 cm³/mol. The van der Waals surface area contributed by atoms with Gasteiger partial charge in [0.1, 0.15) is 17.4 Å². The zero-order valence-corrected chi connectivity index (χ0v) is 19.9. The molecule has 2 aliphatic rings. The number of hydrogen-bond acceptors (Lipinski definition) is 4. The highest BCUT2D eigenvalue weighted by Crippen LogP contribution is 2.37. The fourth-order valence-electron chi connectivity index (χ4n) is 4.63. The van der Waals surface area contributed by atoms with Gasteiger partial charge in [0.15, 0.2) is 5.78 Å². The van der Waals surface area contributed by atoms with Crippen molar-refractivity contribution in [3.05, 3.63) is 46.5 Å². The number of aromatic amines is 1. The molecule has 0 aromatic carbocycles. The first-order valence-electron chi connectivity index (χ1n) is 11.7. The molecule has 0 spiro atoms. The normalized spacial score (nSPS) is 18.1. The van der Waals surface area contributed by atoms with E-state index in [4.69, 9.17) is 0 Å². The molecule has 2 aromatic heterocycles. The quantitative estimate of drug-likeness (QED) is 0.518. The van der Waals surface area contributed by atoms with Crippen LogP contribution >= 0.6 is 0 Å². The van der Waals surface area contributed by atoms with Crippen LogP contribution in [0.5, 0.6) is 0 Å². The van der Waals surface area contributed by atoms with Crippen LogP contribution in [0.1, 0.15) is 83.7 Å². The highest BCUT2D eigenvalue weighted by molar-refractivity contribution is 6.06. The van der Waals surface area contributed by atoms with Gasteiger partial charge in [-0.25, -0.2) is 4.98 Å². The zero-order chi connectivity index (χ0) is 25.5. The number of halogens is 3. The summed E-state index contributed by atoms with van der Waals surface area (Å²) in [4.78, 5) is 45.3. The third-order valence-electron chi connectivity index (χ3n) is 6.63. The fraction of sp³-hybridized carbons (Fsp3) is 0.520. The summed E-state index contributed by atoms with van der Waals surface area (Å²) in [5.74, 6) is -0.535. The third kappa shape index (κ3) is 5.74. The van der Waals surface area contributed by atoms with Crippen LogP contribution in [0.4, 0.5) is 18.9 Å². The molecule has 1 saturated carbocycles. The molecule has 0 bridgehead atoms. The molecule has 10 heteroatoms. The molecular formula is C25H29F3N4O3. The second-order valence-corrected chi connectivity index (χ2v) is 10.4. The van der Waals surface area contributed by atoms with Crippen molar-refractivity contribution >= 4 is 23.3 Å².